The van der Waals surface area contributed by atoms with Crippen LogP contribution in [0.2, 0.25) is 0 Å². The van der Waals surface area contributed by atoms with Crippen molar-refractivity contribution in [3.8, 4) is 0 Å². The van der Waals surface area contributed by atoms with Crippen molar-refractivity contribution in [3.05, 3.63) is 48.0 Å². The molecule has 2 aliphatic heterocycles. The van der Waals surface area contributed by atoms with Gasteiger partial charge in [0, 0.05) is 18.9 Å². The van der Waals surface area contributed by atoms with E-state index in [2.05, 4.69) is 27.3 Å². The Kier molecular flexibility index (Phi) is 9.61. The number of sulfonamides is 1. The van der Waals surface area contributed by atoms with Gasteiger partial charge in [-0.3, -0.25) is 19.1 Å². The molecule has 0 aromatic heterocycles. The predicted molar refractivity (Wildman–Crippen MR) is 164 cm³/mol. The molecule has 4 bridgehead atoms. The van der Waals surface area contributed by atoms with Crippen molar-refractivity contribution in [2.45, 2.75) is 87.9 Å². The Morgan fingerprint density at radius 3 is 2.57 bits per heavy atom. The van der Waals surface area contributed by atoms with Crippen molar-refractivity contribution in [1.82, 2.24) is 25.6 Å². The fourth-order valence-electron chi connectivity index (χ4n) is 5.96. The van der Waals surface area contributed by atoms with Crippen LogP contribution in [-0.2, 0) is 46.8 Å². The van der Waals surface area contributed by atoms with Crippen molar-refractivity contribution in [2.75, 3.05) is 13.2 Å². The number of nitrogens with zero attached hydrogens (tertiary/aromatic N) is 1. The second-order valence-corrected chi connectivity index (χ2v) is 14.7. The van der Waals surface area contributed by atoms with Crippen LogP contribution >= 0.6 is 0 Å². The van der Waals surface area contributed by atoms with Gasteiger partial charge in [-0.15, -0.1) is 6.58 Å². The molecule has 5 atom stereocenters. The van der Waals surface area contributed by atoms with Crippen LogP contribution < -0.4 is 20.7 Å². The third-order valence-electron chi connectivity index (χ3n) is 8.85. The van der Waals surface area contributed by atoms with Crippen molar-refractivity contribution in [2.24, 2.45) is 11.8 Å². The third-order valence-corrected chi connectivity index (χ3v) is 10.7. The van der Waals surface area contributed by atoms with Gasteiger partial charge in [0.2, 0.25) is 21.8 Å². The van der Waals surface area contributed by atoms with Crippen LogP contribution in [0.25, 0.3) is 0 Å². The van der Waals surface area contributed by atoms with E-state index in [1.165, 1.54) is 11.0 Å². The van der Waals surface area contributed by atoms with Gasteiger partial charge in [-0.05, 0) is 49.1 Å². The maximum absolute atomic E-state index is 13.9. The highest BCUT2D eigenvalue weighted by atomic mass is 32.2. The molecule has 14 nitrogen and oxygen atoms in total. The molecule has 2 saturated carbocycles. The third kappa shape index (κ3) is 7.45. The van der Waals surface area contributed by atoms with E-state index in [0.29, 0.717) is 25.7 Å². The molecule has 3 fully saturated rings. The molecule has 4 aliphatic rings. The SMILES string of the molecule is C=C[C@H]1C[C@@]1(NC(=O)[C@@H]1C[C@@H]2CN1C(=O)[C@H](C(C)C)NC(=O)OCCCc1cccc(c1)CNC(=O)O2)C(=O)NS(=O)(=O)C1CC1. The highest BCUT2D eigenvalue weighted by Crippen LogP contribution is 2.45. The molecule has 0 spiro atoms. The first-order valence-corrected chi connectivity index (χ1v) is 17.1. The molecule has 15 heteroatoms. The summed E-state index contributed by atoms with van der Waals surface area (Å²) in [6.45, 7) is 7.31. The molecule has 2 aliphatic carbocycles. The van der Waals surface area contributed by atoms with Crippen molar-refractivity contribution in [3.63, 3.8) is 0 Å². The standard InChI is InChI=1S/C31H41N5O9S/c1-4-21-15-31(21,28(39)35-46(42,43)23-10-11-23)34-26(37)24-14-22-17-36(24)27(38)25(18(2)3)33-30(41)44-12-6-9-19-7-5-8-20(13-19)16-32-29(40)45-22/h4-5,7-8,13,18,21-25H,1,6,9-12,14-17H2,2-3H3,(H,32,40)(H,33,41)(H,34,37)(H,35,39)/t21-,22+,24-,25-,31-/m0/s1. The molecule has 0 radical (unpaired) electrons. The lowest BCUT2D eigenvalue weighted by Gasteiger charge is -2.31. The number of amides is 5. The maximum Gasteiger partial charge on any atom is 0.407 e. The number of cyclic esters (lactones) is 1. The fraction of sp³-hybridized carbons (Fsp3) is 0.581. The van der Waals surface area contributed by atoms with E-state index in [4.69, 9.17) is 9.47 Å². The number of hydrogen-bond acceptors (Lipinski definition) is 9. The molecular weight excluding hydrogens is 618 g/mol. The highest BCUT2D eigenvalue weighted by molar-refractivity contribution is 7.91. The first-order chi connectivity index (χ1) is 21.8. The lowest BCUT2D eigenvalue weighted by atomic mass is 10.0. The minimum absolute atomic E-state index is 0.0907. The number of alkyl carbamates (subject to hydrolysis) is 2. The Labute approximate surface area is 268 Å². The summed E-state index contributed by atoms with van der Waals surface area (Å²) in [6.07, 6.45) is 1.16. The zero-order valence-corrected chi connectivity index (χ0v) is 26.8. The Bertz CT molecular complexity index is 1510. The molecule has 1 aromatic rings. The lowest BCUT2D eigenvalue weighted by Crippen LogP contribution is -2.59. The summed E-state index contributed by atoms with van der Waals surface area (Å²) in [6, 6.07) is 5.32. The first kappa shape index (κ1) is 33.2. The van der Waals surface area contributed by atoms with Crippen LogP contribution in [0.1, 0.15) is 57.1 Å². The number of nitrogens with one attached hydrogen (secondary N) is 4. The molecular formula is C31H41N5O9S. The topological polar surface area (TPSA) is 189 Å². The van der Waals surface area contributed by atoms with Crippen LogP contribution in [0.5, 0.6) is 0 Å². The predicted octanol–water partition coefficient (Wildman–Crippen LogP) is 1.25. The van der Waals surface area contributed by atoms with E-state index in [1.54, 1.807) is 13.8 Å². The normalized spacial score (nSPS) is 28.8. The molecule has 250 valence electrons. The van der Waals surface area contributed by atoms with E-state index in [9.17, 15) is 32.4 Å². The van der Waals surface area contributed by atoms with Crippen LogP contribution in [0, 0.1) is 11.8 Å². The van der Waals surface area contributed by atoms with E-state index in [0.717, 1.165) is 11.1 Å². The average molecular weight is 660 g/mol. The number of rotatable bonds is 7. The van der Waals surface area contributed by atoms with Gasteiger partial charge in [0.1, 0.15) is 23.7 Å². The minimum Gasteiger partial charge on any atom is -0.450 e. The summed E-state index contributed by atoms with van der Waals surface area (Å²) < 4.78 is 38.1. The van der Waals surface area contributed by atoms with Gasteiger partial charge in [-0.1, -0.05) is 44.2 Å². The van der Waals surface area contributed by atoms with Crippen LogP contribution in [0.4, 0.5) is 9.59 Å². The fourth-order valence-corrected chi connectivity index (χ4v) is 7.32. The summed E-state index contributed by atoms with van der Waals surface area (Å²) in [5, 5.41) is 7.37. The summed E-state index contributed by atoms with van der Waals surface area (Å²) in [7, 11) is -3.89. The van der Waals surface area contributed by atoms with E-state index in [1.807, 2.05) is 24.3 Å². The van der Waals surface area contributed by atoms with Gasteiger partial charge in [-0.25, -0.2) is 18.0 Å². The number of carbonyl (C=O) groups excluding carboxylic acids is 5. The number of carbonyl (C=O) groups is 5. The van der Waals surface area contributed by atoms with Gasteiger partial charge in [-0.2, -0.15) is 0 Å². The van der Waals surface area contributed by atoms with Crippen LogP contribution in [0.15, 0.2) is 36.9 Å². The summed E-state index contributed by atoms with van der Waals surface area (Å²) >= 11 is 0. The molecule has 4 N–H and O–H groups in total. The highest BCUT2D eigenvalue weighted by Gasteiger charge is 2.62. The minimum atomic E-state index is -3.89. The molecule has 5 rings (SSSR count). The summed E-state index contributed by atoms with van der Waals surface area (Å²) in [4.78, 5) is 67.8. The van der Waals surface area contributed by atoms with E-state index in [-0.39, 0.29) is 32.5 Å². The first-order valence-electron chi connectivity index (χ1n) is 15.6. The quantitative estimate of drug-likeness (QED) is 0.312. The van der Waals surface area contributed by atoms with Gasteiger partial charge in [0.05, 0.1) is 18.4 Å². The Balaban J connectivity index is 1.37. The smallest absolute Gasteiger partial charge is 0.407 e. The number of hydrogen-bond donors (Lipinski definition) is 4. The largest absolute Gasteiger partial charge is 0.450 e. The monoisotopic (exact) mass is 659 g/mol. The summed E-state index contributed by atoms with van der Waals surface area (Å²) in [5.74, 6) is -3.13. The van der Waals surface area contributed by atoms with Gasteiger partial charge < -0.3 is 30.3 Å². The van der Waals surface area contributed by atoms with Gasteiger partial charge >= 0.3 is 12.2 Å². The molecule has 2 heterocycles. The Morgan fingerprint density at radius 2 is 1.89 bits per heavy atom. The second-order valence-electron chi connectivity index (χ2n) is 12.7. The zero-order chi connectivity index (χ0) is 33.2. The van der Waals surface area contributed by atoms with Crippen molar-refractivity contribution < 1.29 is 41.9 Å². The number of benzene rings is 1. The molecule has 5 amide bonds. The average Bonchev–Trinajstić information content (AvgIpc) is 3.93. The van der Waals surface area contributed by atoms with E-state index < -0.39 is 80.7 Å². The molecule has 46 heavy (non-hydrogen) atoms. The lowest BCUT2D eigenvalue weighted by molar-refractivity contribution is -0.141. The number of fused-ring (bicyclic) bond motifs is 4. The zero-order valence-electron chi connectivity index (χ0n) is 26.0. The Hall–Kier alpha value is -4.14. The van der Waals surface area contributed by atoms with Gasteiger partial charge in [0.25, 0.3) is 5.91 Å². The van der Waals surface area contributed by atoms with Crippen LogP contribution in [-0.4, -0.2) is 85.4 Å². The van der Waals surface area contributed by atoms with Crippen molar-refractivity contribution in [1.29, 1.82) is 0 Å². The van der Waals surface area contributed by atoms with E-state index >= 15 is 0 Å². The Morgan fingerprint density at radius 1 is 1.15 bits per heavy atom. The molecule has 1 saturated heterocycles. The second kappa shape index (κ2) is 13.3. The van der Waals surface area contributed by atoms with Gasteiger partial charge in [0.15, 0.2) is 0 Å². The number of ether oxygens (including phenoxy) is 2. The van der Waals surface area contributed by atoms with Crippen LogP contribution in [0.3, 0.4) is 0 Å². The number of aryl methyl sites for hydroxylation is 1. The maximum atomic E-state index is 13.9. The molecule has 0 unspecified atom stereocenters. The van der Waals surface area contributed by atoms with Crippen molar-refractivity contribution >= 4 is 39.9 Å². The summed E-state index contributed by atoms with van der Waals surface area (Å²) in [5.41, 5.74) is 0.272. The molecule has 1 aromatic carbocycles.